The van der Waals surface area contributed by atoms with Gasteiger partial charge < -0.3 is 9.64 Å². The fourth-order valence-electron chi connectivity index (χ4n) is 3.73. The van der Waals surface area contributed by atoms with Crippen molar-refractivity contribution >= 4 is 5.91 Å². The van der Waals surface area contributed by atoms with Crippen molar-refractivity contribution in [3.05, 3.63) is 65.2 Å². The standard InChI is InChI=1S/C23H28F3NO2/c1-15(2)27(16(3)4)22(28)14-19(17-9-7-6-8-10-17)20-13-18(23(24,25)26)11-12-21(20)29-5/h6-13,15-16,19H,14H2,1-5H3. The molecule has 0 radical (unpaired) electrons. The zero-order valence-corrected chi connectivity index (χ0v) is 17.5. The van der Waals surface area contributed by atoms with Gasteiger partial charge in [-0.25, -0.2) is 0 Å². The molecule has 0 saturated heterocycles. The van der Waals surface area contributed by atoms with Gasteiger partial charge in [-0.3, -0.25) is 4.79 Å². The number of hydrogen-bond donors (Lipinski definition) is 0. The van der Waals surface area contributed by atoms with Gasteiger partial charge in [-0.2, -0.15) is 13.2 Å². The van der Waals surface area contributed by atoms with E-state index < -0.39 is 17.7 Å². The molecule has 158 valence electrons. The van der Waals surface area contributed by atoms with Gasteiger partial charge in [0.25, 0.3) is 0 Å². The molecule has 1 unspecified atom stereocenters. The van der Waals surface area contributed by atoms with E-state index in [4.69, 9.17) is 4.74 Å². The van der Waals surface area contributed by atoms with Crippen molar-refractivity contribution in [2.75, 3.05) is 7.11 Å². The summed E-state index contributed by atoms with van der Waals surface area (Å²) in [6.45, 7) is 7.72. The highest BCUT2D eigenvalue weighted by Crippen LogP contribution is 2.39. The Morgan fingerprint density at radius 2 is 1.59 bits per heavy atom. The van der Waals surface area contributed by atoms with Gasteiger partial charge in [-0.05, 0) is 51.5 Å². The predicted octanol–water partition coefficient (Wildman–Crippen LogP) is 5.88. The number of benzene rings is 2. The summed E-state index contributed by atoms with van der Waals surface area (Å²) < 4.78 is 45.4. The molecule has 0 spiro atoms. The average molecular weight is 407 g/mol. The third-order valence-corrected chi connectivity index (χ3v) is 4.91. The van der Waals surface area contributed by atoms with Crippen LogP contribution in [0, 0.1) is 0 Å². The predicted molar refractivity (Wildman–Crippen MR) is 108 cm³/mol. The number of methoxy groups -OCH3 is 1. The molecule has 0 aliphatic heterocycles. The molecule has 0 aliphatic rings. The molecule has 29 heavy (non-hydrogen) atoms. The van der Waals surface area contributed by atoms with E-state index in [0.717, 1.165) is 17.7 Å². The third kappa shape index (κ3) is 5.52. The molecule has 0 saturated carbocycles. The maximum Gasteiger partial charge on any atom is 0.416 e. The van der Waals surface area contributed by atoms with Crippen LogP contribution in [0.4, 0.5) is 13.2 Å². The Labute approximate surface area is 170 Å². The molecule has 2 aromatic rings. The van der Waals surface area contributed by atoms with E-state index in [-0.39, 0.29) is 24.4 Å². The van der Waals surface area contributed by atoms with Gasteiger partial charge in [0.2, 0.25) is 5.91 Å². The maximum atomic E-state index is 13.4. The maximum absolute atomic E-state index is 13.4. The van der Waals surface area contributed by atoms with Crippen LogP contribution >= 0.6 is 0 Å². The first kappa shape index (κ1) is 22.8. The van der Waals surface area contributed by atoms with Gasteiger partial charge in [0.1, 0.15) is 5.75 Å². The molecule has 0 heterocycles. The molecule has 0 bridgehead atoms. The molecular formula is C23H28F3NO2. The fourth-order valence-corrected chi connectivity index (χ4v) is 3.73. The molecule has 3 nitrogen and oxygen atoms in total. The summed E-state index contributed by atoms with van der Waals surface area (Å²) >= 11 is 0. The van der Waals surface area contributed by atoms with Crippen molar-refractivity contribution in [3.63, 3.8) is 0 Å². The first-order valence-corrected chi connectivity index (χ1v) is 9.67. The van der Waals surface area contributed by atoms with Crippen molar-refractivity contribution in [2.24, 2.45) is 0 Å². The topological polar surface area (TPSA) is 29.5 Å². The molecular weight excluding hydrogens is 379 g/mol. The second-order valence-corrected chi connectivity index (χ2v) is 7.61. The van der Waals surface area contributed by atoms with Crippen LogP contribution in [-0.2, 0) is 11.0 Å². The summed E-state index contributed by atoms with van der Waals surface area (Å²) in [7, 11) is 1.42. The zero-order valence-electron chi connectivity index (χ0n) is 17.5. The molecule has 1 amide bonds. The highest BCUT2D eigenvalue weighted by molar-refractivity contribution is 5.78. The van der Waals surface area contributed by atoms with Crippen LogP contribution in [0.15, 0.2) is 48.5 Å². The summed E-state index contributed by atoms with van der Waals surface area (Å²) in [6, 6.07) is 12.5. The number of nitrogens with zero attached hydrogens (tertiary/aromatic N) is 1. The van der Waals surface area contributed by atoms with Gasteiger partial charge >= 0.3 is 6.18 Å². The van der Waals surface area contributed by atoms with E-state index in [1.165, 1.54) is 13.2 Å². The summed E-state index contributed by atoms with van der Waals surface area (Å²) in [4.78, 5) is 14.9. The number of hydrogen-bond acceptors (Lipinski definition) is 2. The Bertz CT molecular complexity index is 809. The number of ether oxygens (including phenoxy) is 1. The Kier molecular flexibility index (Phi) is 7.33. The lowest BCUT2D eigenvalue weighted by atomic mass is 9.86. The number of alkyl halides is 3. The highest BCUT2D eigenvalue weighted by Gasteiger charge is 2.33. The van der Waals surface area contributed by atoms with E-state index in [0.29, 0.717) is 11.3 Å². The van der Waals surface area contributed by atoms with Crippen molar-refractivity contribution in [2.45, 2.75) is 58.3 Å². The molecule has 2 rings (SSSR count). The smallest absolute Gasteiger partial charge is 0.416 e. The van der Waals surface area contributed by atoms with Crippen LogP contribution in [0.5, 0.6) is 5.75 Å². The first-order valence-electron chi connectivity index (χ1n) is 9.67. The minimum atomic E-state index is -4.48. The van der Waals surface area contributed by atoms with Gasteiger partial charge in [0, 0.05) is 30.0 Å². The van der Waals surface area contributed by atoms with Gasteiger partial charge in [-0.15, -0.1) is 0 Å². The number of amides is 1. The second-order valence-electron chi connectivity index (χ2n) is 7.61. The van der Waals surface area contributed by atoms with Crippen LogP contribution in [0.2, 0.25) is 0 Å². The first-order chi connectivity index (χ1) is 13.6. The molecule has 6 heteroatoms. The zero-order chi connectivity index (χ0) is 21.8. The van der Waals surface area contributed by atoms with Gasteiger partial charge in [-0.1, -0.05) is 30.3 Å². The number of halogens is 3. The van der Waals surface area contributed by atoms with Crippen LogP contribution < -0.4 is 4.74 Å². The summed E-state index contributed by atoms with van der Waals surface area (Å²) in [5, 5.41) is 0. The summed E-state index contributed by atoms with van der Waals surface area (Å²) in [5.41, 5.74) is 0.367. The number of carbonyl (C=O) groups excluding carboxylic acids is 1. The Balaban J connectivity index is 2.57. The molecule has 0 N–H and O–H groups in total. The van der Waals surface area contributed by atoms with Gasteiger partial charge in [0.15, 0.2) is 0 Å². The van der Waals surface area contributed by atoms with E-state index in [1.54, 1.807) is 4.90 Å². The number of rotatable bonds is 7. The van der Waals surface area contributed by atoms with E-state index in [9.17, 15) is 18.0 Å². The Hall–Kier alpha value is -2.50. The monoisotopic (exact) mass is 407 g/mol. The molecule has 0 fully saturated rings. The van der Waals surface area contributed by atoms with E-state index in [2.05, 4.69) is 0 Å². The van der Waals surface area contributed by atoms with Crippen molar-refractivity contribution < 1.29 is 22.7 Å². The van der Waals surface area contributed by atoms with Gasteiger partial charge in [0.05, 0.1) is 12.7 Å². The second kappa shape index (κ2) is 9.33. The van der Waals surface area contributed by atoms with E-state index in [1.807, 2.05) is 58.0 Å². The lowest BCUT2D eigenvalue weighted by molar-refractivity contribution is -0.137. The Morgan fingerprint density at radius 3 is 2.07 bits per heavy atom. The lowest BCUT2D eigenvalue weighted by Crippen LogP contribution is -2.42. The summed E-state index contributed by atoms with van der Waals surface area (Å²) in [6.07, 6.45) is -4.42. The SMILES string of the molecule is COc1ccc(C(F)(F)F)cc1C(CC(=O)N(C(C)C)C(C)C)c1ccccc1. The van der Waals surface area contributed by atoms with Crippen LogP contribution in [-0.4, -0.2) is 30.0 Å². The van der Waals surface area contributed by atoms with Crippen molar-refractivity contribution in [3.8, 4) is 5.75 Å². The average Bonchev–Trinajstić information content (AvgIpc) is 2.65. The quantitative estimate of drug-likeness (QED) is 0.573. The molecule has 2 aromatic carbocycles. The number of carbonyl (C=O) groups is 1. The van der Waals surface area contributed by atoms with Crippen LogP contribution in [0.1, 0.15) is 56.7 Å². The third-order valence-electron chi connectivity index (χ3n) is 4.91. The molecule has 1 atom stereocenters. The Morgan fingerprint density at radius 1 is 1.00 bits per heavy atom. The van der Waals surface area contributed by atoms with Crippen molar-refractivity contribution in [1.82, 2.24) is 4.90 Å². The fraction of sp³-hybridized carbons (Fsp3) is 0.435. The lowest BCUT2D eigenvalue weighted by Gasteiger charge is -2.32. The van der Waals surface area contributed by atoms with Crippen LogP contribution in [0.3, 0.4) is 0 Å². The largest absolute Gasteiger partial charge is 0.496 e. The normalized spacial score (nSPS) is 12.9. The molecule has 0 aromatic heterocycles. The minimum absolute atomic E-state index is 0.0117. The highest BCUT2D eigenvalue weighted by atomic mass is 19.4. The van der Waals surface area contributed by atoms with Crippen LogP contribution in [0.25, 0.3) is 0 Å². The minimum Gasteiger partial charge on any atom is -0.496 e. The summed E-state index contributed by atoms with van der Waals surface area (Å²) in [5.74, 6) is -0.329. The van der Waals surface area contributed by atoms with E-state index >= 15 is 0 Å². The molecule has 0 aliphatic carbocycles. The van der Waals surface area contributed by atoms with Crippen molar-refractivity contribution in [1.29, 1.82) is 0 Å².